The molecule has 0 aromatic heterocycles. The van der Waals surface area contributed by atoms with Crippen LogP contribution in [0.2, 0.25) is 0 Å². The van der Waals surface area contributed by atoms with Gasteiger partial charge in [-0.1, -0.05) is 39.0 Å². The summed E-state index contributed by atoms with van der Waals surface area (Å²) in [5, 5.41) is 3.52. The molecule has 96 valence electrons. The number of nitrogens with one attached hydrogen (secondary N) is 1. The van der Waals surface area contributed by atoms with E-state index >= 15 is 0 Å². The molecule has 0 bridgehead atoms. The number of rotatable bonds is 6. The number of unbranched alkanes of at least 4 members (excludes halogenated alkanes) is 2. The molecule has 1 aliphatic carbocycles. The lowest BCUT2D eigenvalue weighted by molar-refractivity contribution is 0.183. The molecule has 1 aliphatic rings. The van der Waals surface area contributed by atoms with Crippen LogP contribution in [-0.2, 0) is 0 Å². The van der Waals surface area contributed by atoms with Gasteiger partial charge >= 0.3 is 0 Å². The first kappa shape index (κ1) is 14.0. The molecule has 2 heteroatoms. The van der Waals surface area contributed by atoms with Crippen LogP contribution >= 0.6 is 0 Å². The largest absolute Gasteiger partial charge is 0.315 e. The average molecular weight is 226 g/mol. The monoisotopic (exact) mass is 226 g/mol. The summed E-state index contributed by atoms with van der Waals surface area (Å²) in [5.74, 6) is 0. The van der Waals surface area contributed by atoms with Crippen LogP contribution in [-0.4, -0.2) is 37.6 Å². The molecule has 1 fully saturated rings. The van der Waals surface area contributed by atoms with Gasteiger partial charge in [-0.15, -0.1) is 0 Å². The van der Waals surface area contributed by atoms with Gasteiger partial charge in [-0.05, 0) is 39.9 Å². The van der Waals surface area contributed by atoms with Crippen molar-refractivity contribution in [3.63, 3.8) is 0 Å². The van der Waals surface area contributed by atoms with Crippen molar-refractivity contribution >= 4 is 0 Å². The summed E-state index contributed by atoms with van der Waals surface area (Å²) in [7, 11) is 4.44. The molecule has 16 heavy (non-hydrogen) atoms. The Labute approximate surface area is 102 Å². The average Bonchev–Trinajstić information content (AvgIpc) is 2.54. The fourth-order valence-electron chi connectivity index (χ4n) is 2.93. The van der Waals surface area contributed by atoms with Gasteiger partial charge < -0.3 is 10.2 Å². The molecule has 0 radical (unpaired) electrons. The summed E-state index contributed by atoms with van der Waals surface area (Å²) >= 11 is 0. The lowest BCUT2D eigenvalue weighted by Gasteiger charge is -2.33. The lowest BCUT2D eigenvalue weighted by Crippen LogP contribution is -2.47. The van der Waals surface area contributed by atoms with Crippen molar-refractivity contribution in [3.8, 4) is 0 Å². The smallest absolute Gasteiger partial charge is 0.0246 e. The molecule has 0 amide bonds. The van der Waals surface area contributed by atoms with E-state index in [-0.39, 0.29) is 0 Å². The molecule has 1 saturated carbocycles. The van der Waals surface area contributed by atoms with Gasteiger partial charge in [-0.3, -0.25) is 0 Å². The molecular formula is C14H30N2. The molecule has 0 spiro atoms. The van der Waals surface area contributed by atoms with E-state index in [0.717, 1.165) is 6.04 Å². The maximum absolute atomic E-state index is 3.52. The Morgan fingerprint density at radius 2 is 1.88 bits per heavy atom. The van der Waals surface area contributed by atoms with Gasteiger partial charge in [0.05, 0.1) is 0 Å². The van der Waals surface area contributed by atoms with Gasteiger partial charge in [0.15, 0.2) is 0 Å². The molecule has 1 N–H and O–H groups in total. The van der Waals surface area contributed by atoms with E-state index in [1.165, 1.54) is 57.9 Å². The summed E-state index contributed by atoms with van der Waals surface area (Å²) in [6.07, 6.45) is 11.1. The van der Waals surface area contributed by atoms with Crippen molar-refractivity contribution in [3.05, 3.63) is 0 Å². The van der Waals surface area contributed by atoms with Gasteiger partial charge in [0.25, 0.3) is 0 Å². The zero-order valence-corrected chi connectivity index (χ0v) is 11.5. The van der Waals surface area contributed by atoms with Crippen molar-refractivity contribution < 1.29 is 0 Å². The van der Waals surface area contributed by atoms with Crippen LogP contribution in [0.5, 0.6) is 0 Å². The number of nitrogens with zero attached hydrogens (tertiary/aromatic N) is 1. The lowest BCUT2D eigenvalue weighted by atomic mass is 10.0. The highest BCUT2D eigenvalue weighted by molar-refractivity contribution is 4.84. The summed E-state index contributed by atoms with van der Waals surface area (Å²) in [4.78, 5) is 2.60. The van der Waals surface area contributed by atoms with Crippen LogP contribution in [0.4, 0.5) is 0 Å². The summed E-state index contributed by atoms with van der Waals surface area (Å²) < 4.78 is 0. The van der Waals surface area contributed by atoms with E-state index in [4.69, 9.17) is 0 Å². The topological polar surface area (TPSA) is 15.3 Å². The molecule has 2 nitrogen and oxygen atoms in total. The predicted molar refractivity (Wildman–Crippen MR) is 71.9 cm³/mol. The van der Waals surface area contributed by atoms with Crippen LogP contribution in [0.15, 0.2) is 0 Å². The maximum atomic E-state index is 3.52. The van der Waals surface area contributed by atoms with Gasteiger partial charge in [0.1, 0.15) is 0 Å². The second kappa shape index (κ2) is 8.08. The molecule has 0 saturated heterocycles. The third kappa shape index (κ3) is 4.42. The molecule has 0 aliphatic heterocycles. The van der Waals surface area contributed by atoms with Crippen LogP contribution < -0.4 is 5.32 Å². The highest BCUT2D eigenvalue weighted by atomic mass is 15.2. The minimum absolute atomic E-state index is 0.717. The van der Waals surface area contributed by atoms with E-state index in [2.05, 4.69) is 31.2 Å². The van der Waals surface area contributed by atoms with Crippen molar-refractivity contribution in [1.29, 1.82) is 0 Å². The van der Waals surface area contributed by atoms with Crippen LogP contribution in [0.3, 0.4) is 0 Å². The zero-order valence-electron chi connectivity index (χ0n) is 11.5. The fourth-order valence-corrected chi connectivity index (χ4v) is 2.93. The summed E-state index contributed by atoms with van der Waals surface area (Å²) in [6.45, 7) is 3.55. The number of hydrogen-bond acceptors (Lipinski definition) is 2. The molecule has 0 heterocycles. The minimum atomic E-state index is 0.717. The third-order valence-electron chi connectivity index (χ3n) is 4.03. The Bertz CT molecular complexity index is 170. The highest BCUT2D eigenvalue weighted by Crippen LogP contribution is 2.21. The van der Waals surface area contributed by atoms with E-state index in [1.807, 2.05) is 0 Å². The Morgan fingerprint density at radius 1 is 1.12 bits per heavy atom. The first-order chi connectivity index (χ1) is 7.79. The third-order valence-corrected chi connectivity index (χ3v) is 4.03. The predicted octanol–water partition coefficient (Wildman–Crippen LogP) is 3.03. The summed E-state index contributed by atoms with van der Waals surface area (Å²) in [6, 6.07) is 1.48. The maximum Gasteiger partial charge on any atom is 0.0246 e. The van der Waals surface area contributed by atoms with Crippen molar-refractivity contribution in [2.24, 2.45) is 0 Å². The van der Waals surface area contributed by atoms with E-state index in [9.17, 15) is 0 Å². The Balaban J connectivity index is 2.39. The second-order valence-corrected chi connectivity index (χ2v) is 5.29. The Morgan fingerprint density at radius 3 is 2.56 bits per heavy atom. The van der Waals surface area contributed by atoms with Crippen molar-refractivity contribution in [2.75, 3.05) is 20.6 Å². The van der Waals surface area contributed by atoms with E-state index in [0.29, 0.717) is 6.04 Å². The molecule has 2 atom stereocenters. The van der Waals surface area contributed by atoms with E-state index < -0.39 is 0 Å². The molecule has 1 rings (SSSR count). The quantitative estimate of drug-likeness (QED) is 0.553. The molecular weight excluding hydrogens is 196 g/mol. The summed E-state index contributed by atoms with van der Waals surface area (Å²) in [5.41, 5.74) is 0. The van der Waals surface area contributed by atoms with Crippen molar-refractivity contribution in [2.45, 2.75) is 70.4 Å². The normalized spacial score (nSPS) is 27.0. The fraction of sp³-hybridized carbons (Fsp3) is 1.00. The van der Waals surface area contributed by atoms with Gasteiger partial charge in [-0.2, -0.15) is 0 Å². The minimum Gasteiger partial charge on any atom is -0.315 e. The first-order valence-electron chi connectivity index (χ1n) is 7.17. The van der Waals surface area contributed by atoms with Crippen molar-refractivity contribution in [1.82, 2.24) is 10.2 Å². The molecule has 2 unspecified atom stereocenters. The SMILES string of the molecule is CCCCCN(C)C1CCCCCC1NC. The Kier molecular flexibility index (Phi) is 7.06. The highest BCUT2D eigenvalue weighted by Gasteiger charge is 2.25. The van der Waals surface area contributed by atoms with Gasteiger partial charge in [0.2, 0.25) is 0 Å². The van der Waals surface area contributed by atoms with Gasteiger partial charge in [0, 0.05) is 12.1 Å². The number of likely N-dealkylation sites (N-methyl/N-ethyl adjacent to an activating group) is 2. The van der Waals surface area contributed by atoms with E-state index in [1.54, 1.807) is 0 Å². The Hall–Kier alpha value is -0.0800. The van der Waals surface area contributed by atoms with Crippen LogP contribution in [0, 0.1) is 0 Å². The molecule has 0 aromatic rings. The van der Waals surface area contributed by atoms with Crippen LogP contribution in [0.1, 0.15) is 58.3 Å². The molecule has 0 aromatic carbocycles. The van der Waals surface area contributed by atoms with Gasteiger partial charge in [-0.25, -0.2) is 0 Å². The zero-order chi connectivity index (χ0) is 11.8. The van der Waals surface area contributed by atoms with Crippen LogP contribution in [0.25, 0.3) is 0 Å². The number of hydrogen-bond donors (Lipinski definition) is 1. The second-order valence-electron chi connectivity index (χ2n) is 5.29. The standard InChI is InChI=1S/C14H30N2/c1-4-5-9-12-16(3)14-11-8-6-7-10-13(14)15-2/h13-15H,4-12H2,1-3H3. The first-order valence-corrected chi connectivity index (χ1v) is 7.17.